The highest BCUT2D eigenvalue weighted by Gasteiger charge is 2.29. The molecule has 1 aromatic heterocycles. The van der Waals surface area contributed by atoms with Crippen LogP contribution in [0.15, 0.2) is 36.7 Å². The maximum absolute atomic E-state index is 12.3. The third kappa shape index (κ3) is 2.58. The summed E-state index contributed by atoms with van der Waals surface area (Å²) in [5.74, 6) is 0.574. The highest BCUT2D eigenvalue weighted by Crippen LogP contribution is 2.30. The lowest BCUT2D eigenvalue weighted by Gasteiger charge is -2.09. The molecule has 0 unspecified atom stereocenters. The van der Waals surface area contributed by atoms with Crippen molar-refractivity contribution in [1.82, 2.24) is 9.55 Å². The molecule has 0 aliphatic heterocycles. The number of nitrogens with zero attached hydrogens (tertiary/aromatic N) is 2. The molecule has 0 spiro atoms. The SMILES string of the molecule is Cn1ccnc1Nc1ccc(C(F)(F)F)cc1. The number of imidazole rings is 1. The Kier molecular flexibility index (Phi) is 2.79. The zero-order chi connectivity index (χ0) is 12.5. The molecule has 0 amide bonds. The molecule has 0 radical (unpaired) electrons. The third-order valence-corrected chi connectivity index (χ3v) is 2.29. The molecule has 17 heavy (non-hydrogen) atoms. The van der Waals surface area contributed by atoms with Crippen LogP contribution in [0.3, 0.4) is 0 Å². The van der Waals surface area contributed by atoms with Gasteiger partial charge in [-0.05, 0) is 24.3 Å². The van der Waals surface area contributed by atoms with E-state index in [1.165, 1.54) is 12.1 Å². The minimum absolute atomic E-state index is 0.562. The van der Waals surface area contributed by atoms with Gasteiger partial charge in [-0.2, -0.15) is 13.2 Å². The lowest BCUT2D eigenvalue weighted by Crippen LogP contribution is -2.05. The Morgan fingerprint density at radius 3 is 2.29 bits per heavy atom. The number of aromatic nitrogens is 2. The first-order valence-corrected chi connectivity index (χ1v) is 4.88. The van der Waals surface area contributed by atoms with Crippen molar-refractivity contribution in [3.8, 4) is 0 Å². The Balaban J connectivity index is 2.17. The first-order chi connectivity index (χ1) is 7.97. The van der Waals surface area contributed by atoms with E-state index in [0.717, 1.165) is 12.1 Å². The van der Waals surface area contributed by atoms with E-state index in [2.05, 4.69) is 10.3 Å². The summed E-state index contributed by atoms with van der Waals surface area (Å²) in [6, 6.07) is 4.81. The van der Waals surface area contributed by atoms with Crippen LogP contribution in [0.2, 0.25) is 0 Å². The van der Waals surface area contributed by atoms with Gasteiger partial charge in [-0.1, -0.05) is 0 Å². The predicted molar refractivity (Wildman–Crippen MR) is 57.9 cm³/mol. The van der Waals surface area contributed by atoms with Crippen molar-refractivity contribution in [2.24, 2.45) is 7.05 Å². The van der Waals surface area contributed by atoms with Crippen molar-refractivity contribution >= 4 is 11.6 Å². The number of rotatable bonds is 2. The number of hydrogen-bond acceptors (Lipinski definition) is 2. The summed E-state index contributed by atoms with van der Waals surface area (Å²) in [4.78, 5) is 4.01. The van der Waals surface area contributed by atoms with Gasteiger partial charge in [0.1, 0.15) is 0 Å². The average Bonchev–Trinajstić information content (AvgIpc) is 2.64. The summed E-state index contributed by atoms with van der Waals surface area (Å²) < 4.78 is 38.7. The molecule has 2 rings (SSSR count). The topological polar surface area (TPSA) is 29.9 Å². The van der Waals surface area contributed by atoms with E-state index in [9.17, 15) is 13.2 Å². The molecule has 0 aliphatic rings. The molecule has 6 heteroatoms. The van der Waals surface area contributed by atoms with Crippen LogP contribution in [-0.2, 0) is 13.2 Å². The molecule has 1 heterocycles. The Bertz CT molecular complexity index is 499. The van der Waals surface area contributed by atoms with Crippen LogP contribution >= 0.6 is 0 Å². The standard InChI is InChI=1S/C11H10F3N3/c1-17-7-6-15-10(17)16-9-4-2-8(3-5-9)11(12,13)14/h2-7H,1H3,(H,15,16). The fourth-order valence-electron chi connectivity index (χ4n) is 1.36. The number of halogens is 3. The monoisotopic (exact) mass is 241 g/mol. The van der Waals surface area contributed by atoms with Crippen LogP contribution in [0, 0.1) is 0 Å². The zero-order valence-corrected chi connectivity index (χ0v) is 8.99. The van der Waals surface area contributed by atoms with Crippen molar-refractivity contribution in [3.05, 3.63) is 42.2 Å². The molecular weight excluding hydrogens is 231 g/mol. The van der Waals surface area contributed by atoms with Crippen LogP contribution in [0.5, 0.6) is 0 Å². The fraction of sp³-hybridized carbons (Fsp3) is 0.182. The quantitative estimate of drug-likeness (QED) is 0.875. The van der Waals surface area contributed by atoms with Gasteiger partial charge in [0, 0.05) is 25.1 Å². The highest BCUT2D eigenvalue weighted by atomic mass is 19.4. The maximum atomic E-state index is 12.3. The first-order valence-electron chi connectivity index (χ1n) is 4.88. The van der Waals surface area contributed by atoms with Gasteiger partial charge in [-0.3, -0.25) is 0 Å². The molecule has 0 aliphatic carbocycles. The van der Waals surface area contributed by atoms with Crippen LogP contribution in [0.4, 0.5) is 24.8 Å². The molecule has 0 fully saturated rings. The average molecular weight is 241 g/mol. The minimum atomic E-state index is -4.30. The van der Waals surface area contributed by atoms with E-state index in [1.54, 1.807) is 24.0 Å². The highest BCUT2D eigenvalue weighted by molar-refractivity contribution is 5.54. The van der Waals surface area contributed by atoms with Gasteiger partial charge in [0.25, 0.3) is 0 Å². The van der Waals surface area contributed by atoms with Gasteiger partial charge in [-0.15, -0.1) is 0 Å². The van der Waals surface area contributed by atoms with Gasteiger partial charge < -0.3 is 9.88 Å². The minimum Gasteiger partial charge on any atom is -0.326 e. The molecule has 0 atom stereocenters. The van der Waals surface area contributed by atoms with E-state index >= 15 is 0 Å². The van der Waals surface area contributed by atoms with E-state index in [-0.39, 0.29) is 0 Å². The molecule has 0 saturated carbocycles. The van der Waals surface area contributed by atoms with Crippen LogP contribution in [0.1, 0.15) is 5.56 Å². The number of benzene rings is 1. The van der Waals surface area contributed by atoms with Gasteiger partial charge in [0.2, 0.25) is 5.95 Å². The lowest BCUT2D eigenvalue weighted by atomic mass is 10.2. The molecule has 1 aromatic carbocycles. The number of anilines is 2. The van der Waals surface area contributed by atoms with Crippen LogP contribution in [0.25, 0.3) is 0 Å². The summed E-state index contributed by atoms with van der Waals surface area (Å²) >= 11 is 0. The van der Waals surface area contributed by atoms with Gasteiger partial charge in [-0.25, -0.2) is 4.98 Å². The van der Waals surface area contributed by atoms with Crippen molar-refractivity contribution in [3.63, 3.8) is 0 Å². The summed E-state index contributed by atoms with van der Waals surface area (Å²) in [7, 11) is 1.79. The molecular formula is C11H10F3N3. The summed E-state index contributed by atoms with van der Waals surface area (Å²) in [5.41, 5.74) is -0.102. The van der Waals surface area contributed by atoms with Crippen LogP contribution in [-0.4, -0.2) is 9.55 Å². The van der Waals surface area contributed by atoms with E-state index < -0.39 is 11.7 Å². The molecule has 90 valence electrons. The number of hydrogen-bond donors (Lipinski definition) is 1. The lowest BCUT2D eigenvalue weighted by molar-refractivity contribution is -0.137. The van der Waals surface area contributed by atoms with Crippen LogP contribution < -0.4 is 5.32 Å². The number of alkyl halides is 3. The van der Waals surface area contributed by atoms with E-state index in [4.69, 9.17) is 0 Å². The van der Waals surface area contributed by atoms with Gasteiger partial charge >= 0.3 is 6.18 Å². The molecule has 2 aromatic rings. The maximum Gasteiger partial charge on any atom is 0.416 e. The van der Waals surface area contributed by atoms with Gasteiger partial charge in [0.05, 0.1) is 5.56 Å². The second-order valence-electron chi connectivity index (χ2n) is 3.56. The molecule has 0 saturated heterocycles. The Morgan fingerprint density at radius 2 is 1.82 bits per heavy atom. The van der Waals surface area contributed by atoms with Crippen molar-refractivity contribution in [1.29, 1.82) is 0 Å². The molecule has 0 bridgehead atoms. The molecule has 3 nitrogen and oxygen atoms in total. The molecule has 1 N–H and O–H groups in total. The second-order valence-corrected chi connectivity index (χ2v) is 3.56. The zero-order valence-electron chi connectivity index (χ0n) is 8.99. The summed E-state index contributed by atoms with van der Waals surface area (Å²) in [5, 5.41) is 2.92. The smallest absolute Gasteiger partial charge is 0.326 e. The largest absolute Gasteiger partial charge is 0.416 e. The summed E-state index contributed by atoms with van der Waals surface area (Å²) in [6.07, 6.45) is -0.958. The number of nitrogens with one attached hydrogen (secondary N) is 1. The summed E-state index contributed by atoms with van der Waals surface area (Å²) in [6.45, 7) is 0. The number of aryl methyl sites for hydroxylation is 1. The fourth-order valence-corrected chi connectivity index (χ4v) is 1.36. The second kappa shape index (κ2) is 4.12. The Morgan fingerprint density at radius 1 is 1.18 bits per heavy atom. The third-order valence-electron chi connectivity index (χ3n) is 2.29. The van der Waals surface area contributed by atoms with E-state index in [0.29, 0.717) is 11.6 Å². The Hall–Kier alpha value is -1.98. The normalized spacial score (nSPS) is 11.5. The first kappa shape index (κ1) is 11.5. The predicted octanol–water partition coefficient (Wildman–Crippen LogP) is 3.18. The van der Waals surface area contributed by atoms with Gasteiger partial charge in [0.15, 0.2) is 0 Å². The Labute approximate surface area is 95.9 Å². The van der Waals surface area contributed by atoms with Crippen molar-refractivity contribution in [2.45, 2.75) is 6.18 Å². The van der Waals surface area contributed by atoms with E-state index in [1.807, 2.05) is 0 Å². The van der Waals surface area contributed by atoms with Crippen molar-refractivity contribution < 1.29 is 13.2 Å². The van der Waals surface area contributed by atoms with Crippen molar-refractivity contribution in [2.75, 3.05) is 5.32 Å².